The van der Waals surface area contributed by atoms with Crippen molar-refractivity contribution in [3.8, 4) is 6.07 Å². The molecule has 1 amide bonds. The Balaban J connectivity index is 1.79. The number of nitrogens with one attached hydrogen (secondary N) is 1. The Bertz CT molecular complexity index is 948. The highest BCUT2D eigenvalue weighted by atomic mass is 16.1. The summed E-state index contributed by atoms with van der Waals surface area (Å²) in [4.78, 5) is 24.2. The van der Waals surface area contributed by atoms with E-state index in [9.17, 15) is 4.79 Å². The SMILES string of the molecule is N#Cc1ccc(CNc2cc(Cc3cnccn3)ncc2C(N)=O)cc1. The molecule has 3 N–H and O–H groups in total. The van der Waals surface area contributed by atoms with Crippen molar-refractivity contribution < 1.29 is 4.79 Å². The lowest BCUT2D eigenvalue weighted by atomic mass is 10.1. The van der Waals surface area contributed by atoms with Crippen LogP contribution in [0.4, 0.5) is 5.69 Å². The number of pyridine rings is 1. The van der Waals surface area contributed by atoms with Crippen LogP contribution in [0.5, 0.6) is 0 Å². The Kier molecular flexibility index (Phi) is 5.15. The fourth-order valence-electron chi connectivity index (χ4n) is 2.44. The number of hydrogen-bond donors (Lipinski definition) is 2. The highest BCUT2D eigenvalue weighted by Gasteiger charge is 2.11. The summed E-state index contributed by atoms with van der Waals surface area (Å²) in [6.45, 7) is 0.487. The summed E-state index contributed by atoms with van der Waals surface area (Å²) in [6.07, 6.45) is 6.87. The third-order valence-corrected chi connectivity index (χ3v) is 3.77. The van der Waals surface area contributed by atoms with E-state index in [0.29, 0.717) is 29.8 Å². The smallest absolute Gasteiger partial charge is 0.252 e. The Morgan fingerprint density at radius 3 is 2.58 bits per heavy atom. The summed E-state index contributed by atoms with van der Waals surface area (Å²) in [5.41, 5.74) is 9.48. The first-order valence-electron chi connectivity index (χ1n) is 7.92. The van der Waals surface area contributed by atoms with E-state index in [2.05, 4.69) is 26.3 Å². The van der Waals surface area contributed by atoms with E-state index < -0.39 is 5.91 Å². The number of carbonyl (C=O) groups excluding carboxylic acids is 1. The van der Waals surface area contributed by atoms with Crippen LogP contribution in [0.25, 0.3) is 0 Å². The number of carbonyl (C=O) groups is 1. The minimum absolute atomic E-state index is 0.321. The van der Waals surface area contributed by atoms with Crippen LogP contribution >= 0.6 is 0 Å². The average molecular weight is 344 g/mol. The topological polar surface area (TPSA) is 118 Å². The molecular weight excluding hydrogens is 328 g/mol. The van der Waals surface area contributed by atoms with E-state index in [1.165, 1.54) is 6.20 Å². The molecule has 1 aromatic carbocycles. The molecule has 0 bridgehead atoms. The van der Waals surface area contributed by atoms with E-state index in [1.54, 1.807) is 36.8 Å². The first kappa shape index (κ1) is 17.0. The predicted molar refractivity (Wildman–Crippen MR) is 96.1 cm³/mol. The molecular formula is C19H16N6O. The van der Waals surface area contributed by atoms with Crippen molar-refractivity contribution in [3.63, 3.8) is 0 Å². The van der Waals surface area contributed by atoms with Crippen molar-refractivity contribution in [3.05, 3.63) is 83.2 Å². The number of benzene rings is 1. The molecule has 0 atom stereocenters. The van der Waals surface area contributed by atoms with E-state index in [4.69, 9.17) is 11.0 Å². The van der Waals surface area contributed by atoms with Gasteiger partial charge in [0.15, 0.2) is 0 Å². The number of amides is 1. The molecule has 0 aliphatic carbocycles. The molecule has 0 spiro atoms. The van der Waals surface area contributed by atoms with Gasteiger partial charge >= 0.3 is 0 Å². The van der Waals surface area contributed by atoms with Crippen LogP contribution in [0, 0.1) is 11.3 Å². The molecule has 0 aliphatic rings. The zero-order valence-corrected chi connectivity index (χ0v) is 13.9. The van der Waals surface area contributed by atoms with E-state index >= 15 is 0 Å². The van der Waals surface area contributed by atoms with Gasteiger partial charge in [0.1, 0.15) is 0 Å². The van der Waals surface area contributed by atoms with Crippen molar-refractivity contribution in [1.82, 2.24) is 15.0 Å². The number of nitrogens with two attached hydrogens (primary N) is 1. The van der Waals surface area contributed by atoms with Gasteiger partial charge in [0.2, 0.25) is 0 Å². The third-order valence-electron chi connectivity index (χ3n) is 3.77. The van der Waals surface area contributed by atoms with Crippen molar-refractivity contribution in [1.29, 1.82) is 5.26 Å². The van der Waals surface area contributed by atoms with Gasteiger partial charge in [-0.1, -0.05) is 12.1 Å². The van der Waals surface area contributed by atoms with Gasteiger partial charge in [-0.15, -0.1) is 0 Å². The predicted octanol–water partition coefficient (Wildman–Crippen LogP) is 2.05. The number of nitrogens with zero attached hydrogens (tertiary/aromatic N) is 4. The highest BCUT2D eigenvalue weighted by Crippen LogP contribution is 2.18. The molecule has 2 heterocycles. The van der Waals surface area contributed by atoms with Crippen LogP contribution < -0.4 is 11.1 Å². The van der Waals surface area contributed by atoms with Crippen LogP contribution in [0.15, 0.2) is 55.1 Å². The van der Waals surface area contributed by atoms with Crippen molar-refractivity contribution in [2.75, 3.05) is 5.32 Å². The van der Waals surface area contributed by atoms with Gasteiger partial charge in [0.25, 0.3) is 5.91 Å². The molecule has 0 unspecified atom stereocenters. The second-order valence-corrected chi connectivity index (χ2v) is 5.62. The summed E-state index contributed by atoms with van der Waals surface area (Å²) in [5.74, 6) is -0.550. The lowest BCUT2D eigenvalue weighted by molar-refractivity contribution is 0.100. The molecule has 3 aromatic rings. The standard InChI is InChI=1S/C19H16N6O/c20-9-13-1-3-14(4-2-13)10-25-18-8-15(24-12-17(18)19(21)26)7-16-11-22-5-6-23-16/h1-6,8,11-12H,7,10H2,(H2,21,26)(H,24,25). The second kappa shape index (κ2) is 7.85. The Labute approximate surface area is 150 Å². The molecule has 26 heavy (non-hydrogen) atoms. The molecule has 7 heteroatoms. The Morgan fingerprint density at radius 2 is 1.92 bits per heavy atom. The third kappa shape index (κ3) is 4.19. The number of primary amides is 1. The summed E-state index contributed by atoms with van der Waals surface area (Å²) in [6, 6.07) is 11.1. The normalized spacial score (nSPS) is 10.1. The first-order chi connectivity index (χ1) is 12.7. The molecule has 7 nitrogen and oxygen atoms in total. The molecule has 0 saturated heterocycles. The Hall–Kier alpha value is -3.79. The van der Waals surface area contributed by atoms with Gasteiger partial charge in [-0.2, -0.15) is 5.26 Å². The maximum absolute atomic E-state index is 11.7. The van der Waals surface area contributed by atoms with Crippen LogP contribution in [-0.4, -0.2) is 20.9 Å². The fourth-order valence-corrected chi connectivity index (χ4v) is 2.44. The summed E-state index contributed by atoms with van der Waals surface area (Å²) in [7, 11) is 0. The molecule has 0 aliphatic heterocycles. The number of aromatic nitrogens is 3. The maximum atomic E-state index is 11.7. The monoisotopic (exact) mass is 344 g/mol. The van der Waals surface area contributed by atoms with Gasteiger partial charge in [-0.25, -0.2) is 0 Å². The van der Waals surface area contributed by atoms with Crippen molar-refractivity contribution in [2.45, 2.75) is 13.0 Å². The van der Waals surface area contributed by atoms with E-state index in [-0.39, 0.29) is 0 Å². The zero-order chi connectivity index (χ0) is 18.4. The molecule has 3 rings (SSSR count). The van der Waals surface area contributed by atoms with Crippen LogP contribution in [0.3, 0.4) is 0 Å². The largest absolute Gasteiger partial charge is 0.380 e. The summed E-state index contributed by atoms with van der Waals surface area (Å²) in [5, 5.41) is 12.1. The van der Waals surface area contributed by atoms with Crippen molar-refractivity contribution in [2.24, 2.45) is 5.73 Å². The fraction of sp³-hybridized carbons (Fsp3) is 0.105. The maximum Gasteiger partial charge on any atom is 0.252 e. The lowest BCUT2D eigenvalue weighted by Gasteiger charge is -2.12. The highest BCUT2D eigenvalue weighted by molar-refractivity contribution is 5.98. The lowest BCUT2D eigenvalue weighted by Crippen LogP contribution is -2.15. The summed E-state index contributed by atoms with van der Waals surface area (Å²) < 4.78 is 0. The Morgan fingerprint density at radius 1 is 1.12 bits per heavy atom. The van der Waals surface area contributed by atoms with Crippen molar-refractivity contribution >= 4 is 11.6 Å². The van der Waals surface area contributed by atoms with Gasteiger partial charge in [0, 0.05) is 43.4 Å². The minimum Gasteiger partial charge on any atom is -0.380 e. The molecule has 0 fully saturated rings. The summed E-state index contributed by atoms with van der Waals surface area (Å²) >= 11 is 0. The van der Waals surface area contributed by atoms with Gasteiger partial charge < -0.3 is 11.1 Å². The van der Waals surface area contributed by atoms with Crippen LogP contribution in [-0.2, 0) is 13.0 Å². The number of hydrogen-bond acceptors (Lipinski definition) is 6. The number of rotatable bonds is 6. The molecule has 0 radical (unpaired) electrons. The first-order valence-corrected chi connectivity index (χ1v) is 7.92. The minimum atomic E-state index is -0.550. The van der Waals surface area contributed by atoms with Gasteiger partial charge in [-0.3, -0.25) is 19.7 Å². The zero-order valence-electron chi connectivity index (χ0n) is 13.9. The number of anilines is 1. The van der Waals surface area contributed by atoms with Gasteiger partial charge in [-0.05, 0) is 23.8 Å². The second-order valence-electron chi connectivity index (χ2n) is 5.62. The van der Waals surface area contributed by atoms with Crippen LogP contribution in [0.2, 0.25) is 0 Å². The number of nitriles is 1. The van der Waals surface area contributed by atoms with Gasteiger partial charge in [0.05, 0.1) is 28.6 Å². The quantitative estimate of drug-likeness (QED) is 0.706. The average Bonchev–Trinajstić information content (AvgIpc) is 2.67. The molecule has 0 saturated carbocycles. The van der Waals surface area contributed by atoms with E-state index in [0.717, 1.165) is 17.0 Å². The van der Waals surface area contributed by atoms with Crippen LogP contribution in [0.1, 0.15) is 32.9 Å². The molecule has 2 aromatic heterocycles. The van der Waals surface area contributed by atoms with E-state index in [1.807, 2.05) is 12.1 Å². The molecule has 128 valence electrons.